The number of imidazole rings is 1. The van der Waals surface area contributed by atoms with Crippen molar-refractivity contribution in [3.05, 3.63) is 17.2 Å². The van der Waals surface area contributed by atoms with E-state index in [1.54, 1.807) is 5.69 Å². The van der Waals surface area contributed by atoms with Gasteiger partial charge >= 0.3 is 0 Å². The lowest BCUT2D eigenvalue weighted by Gasteiger charge is -2.37. The standard InChI is InChI=1S/C18H31N3/c1-4-7-18-20-15-12-19-11-10-17(15)21(18)16-9-6-5-8-14(16)13(2)3/h13-14,16,19H,4-12H2,1-3H3. The number of nitrogens with zero attached hydrogens (tertiary/aromatic N) is 2. The number of aromatic nitrogens is 2. The lowest BCUT2D eigenvalue weighted by Crippen LogP contribution is -2.31. The Morgan fingerprint density at radius 1 is 1.29 bits per heavy atom. The zero-order chi connectivity index (χ0) is 14.8. The van der Waals surface area contributed by atoms with Crippen LogP contribution in [0.5, 0.6) is 0 Å². The predicted octanol–water partition coefficient (Wildman–Crippen LogP) is 3.87. The van der Waals surface area contributed by atoms with Crippen LogP contribution in [0.4, 0.5) is 0 Å². The van der Waals surface area contributed by atoms with Gasteiger partial charge in [0, 0.05) is 37.7 Å². The molecule has 3 nitrogen and oxygen atoms in total. The third kappa shape index (κ3) is 2.90. The first-order chi connectivity index (χ1) is 10.2. The molecule has 1 N–H and O–H groups in total. The summed E-state index contributed by atoms with van der Waals surface area (Å²) in [6.45, 7) is 9.18. The van der Waals surface area contributed by atoms with Crippen LogP contribution in [0.15, 0.2) is 0 Å². The smallest absolute Gasteiger partial charge is 0.109 e. The molecule has 0 spiro atoms. The fraction of sp³-hybridized carbons (Fsp3) is 0.833. The fourth-order valence-corrected chi connectivity index (χ4v) is 4.42. The minimum Gasteiger partial charge on any atom is -0.328 e. The summed E-state index contributed by atoms with van der Waals surface area (Å²) in [5.41, 5.74) is 2.88. The van der Waals surface area contributed by atoms with Crippen LogP contribution >= 0.6 is 0 Å². The van der Waals surface area contributed by atoms with Crippen molar-refractivity contribution in [2.24, 2.45) is 11.8 Å². The van der Waals surface area contributed by atoms with Crippen molar-refractivity contribution < 1.29 is 0 Å². The van der Waals surface area contributed by atoms with Gasteiger partial charge in [-0.25, -0.2) is 4.98 Å². The van der Waals surface area contributed by atoms with Crippen molar-refractivity contribution in [3.8, 4) is 0 Å². The second kappa shape index (κ2) is 6.51. The fourth-order valence-electron chi connectivity index (χ4n) is 4.42. The first kappa shape index (κ1) is 15.1. The van der Waals surface area contributed by atoms with Crippen LogP contribution in [0, 0.1) is 11.8 Å². The molecule has 1 aliphatic heterocycles. The van der Waals surface area contributed by atoms with Gasteiger partial charge in [-0.15, -0.1) is 0 Å². The Kier molecular flexibility index (Phi) is 4.68. The monoisotopic (exact) mass is 289 g/mol. The maximum Gasteiger partial charge on any atom is 0.109 e. The van der Waals surface area contributed by atoms with Gasteiger partial charge in [-0.1, -0.05) is 33.6 Å². The average molecular weight is 289 g/mol. The SMILES string of the molecule is CCCc1nc2c(n1C1CCCCC1C(C)C)CCNC2. The second-order valence-corrected chi connectivity index (χ2v) is 7.23. The van der Waals surface area contributed by atoms with Crippen molar-refractivity contribution >= 4 is 0 Å². The van der Waals surface area contributed by atoms with Crippen molar-refractivity contribution in [1.82, 2.24) is 14.9 Å². The highest BCUT2D eigenvalue weighted by Crippen LogP contribution is 2.40. The summed E-state index contributed by atoms with van der Waals surface area (Å²) in [4.78, 5) is 5.01. The maximum absolute atomic E-state index is 5.01. The van der Waals surface area contributed by atoms with E-state index in [-0.39, 0.29) is 0 Å². The Morgan fingerprint density at radius 3 is 2.86 bits per heavy atom. The van der Waals surface area contributed by atoms with Crippen molar-refractivity contribution in [2.75, 3.05) is 6.54 Å². The maximum atomic E-state index is 5.01. The van der Waals surface area contributed by atoms with Gasteiger partial charge in [-0.3, -0.25) is 0 Å². The highest BCUT2D eigenvalue weighted by molar-refractivity contribution is 5.22. The lowest BCUT2D eigenvalue weighted by molar-refractivity contribution is 0.178. The Labute approximate surface area is 129 Å². The van der Waals surface area contributed by atoms with E-state index in [0.29, 0.717) is 6.04 Å². The molecule has 1 aromatic heterocycles. The summed E-state index contributed by atoms with van der Waals surface area (Å²) in [7, 11) is 0. The van der Waals surface area contributed by atoms with Crippen LogP contribution in [0.3, 0.4) is 0 Å². The van der Waals surface area contributed by atoms with Crippen LogP contribution in [0.25, 0.3) is 0 Å². The number of fused-ring (bicyclic) bond motifs is 1. The molecule has 0 saturated heterocycles. The van der Waals surface area contributed by atoms with Crippen LogP contribution in [0.1, 0.15) is 76.1 Å². The van der Waals surface area contributed by atoms with E-state index < -0.39 is 0 Å². The number of hydrogen-bond donors (Lipinski definition) is 1. The van der Waals surface area contributed by atoms with Gasteiger partial charge in [-0.05, 0) is 31.1 Å². The average Bonchev–Trinajstić information content (AvgIpc) is 2.85. The Balaban J connectivity index is 2.00. The van der Waals surface area contributed by atoms with Crippen molar-refractivity contribution in [1.29, 1.82) is 0 Å². The molecule has 3 heteroatoms. The quantitative estimate of drug-likeness (QED) is 0.912. The van der Waals surface area contributed by atoms with Gasteiger partial charge in [-0.2, -0.15) is 0 Å². The molecular formula is C18H31N3. The van der Waals surface area contributed by atoms with E-state index >= 15 is 0 Å². The van der Waals surface area contributed by atoms with E-state index in [1.807, 2.05) is 0 Å². The molecule has 0 aromatic carbocycles. The molecule has 2 aliphatic rings. The minimum absolute atomic E-state index is 0.703. The molecule has 21 heavy (non-hydrogen) atoms. The van der Waals surface area contributed by atoms with Gasteiger partial charge in [0.15, 0.2) is 0 Å². The topological polar surface area (TPSA) is 29.9 Å². The van der Waals surface area contributed by atoms with Crippen LogP contribution in [-0.4, -0.2) is 16.1 Å². The molecule has 0 radical (unpaired) electrons. The Morgan fingerprint density at radius 2 is 2.10 bits per heavy atom. The van der Waals surface area contributed by atoms with Gasteiger partial charge in [0.1, 0.15) is 5.82 Å². The van der Waals surface area contributed by atoms with E-state index in [0.717, 1.165) is 37.8 Å². The minimum atomic E-state index is 0.703. The molecule has 1 aliphatic carbocycles. The largest absolute Gasteiger partial charge is 0.328 e. The van der Waals surface area contributed by atoms with Crippen LogP contribution in [-0.2, 0) is 19.4 Å². The number of rotatable bonds is 4. The third-order valence-corrected chi connectivity index (χ3v) is 5.44. The third-order valence-electron chi connectivity index (χ3n) is 5.44. The molecule has 2 atom stereocenters. The zero-order valence-electron chi connectivity index (χ0n) is 14.0. The zero-order valence-corrected chi connectivity index (χ0v) is 14.0. The summed E-state index contributed by atoms with van der Waals surface area (Å²) < 4.78 is 2.70. The van der Waals surface area contributed by atoms with Crippen molar-refractivity contribution in [3.63, 3.8) is 0 Å². The van der Waals surface area contributed by atoms with E-state index in [9.17, 15) is 0 Å². The summed E-state index contributed by atoms with van der Waals surface area (Å²) in [6.07, 6.45) is 9.06. The first-order valence-corrected chi connectivity index (χ1v) is 9.02. The molecule has 1 saturated carbocycles. The summed E-state index contributed by atoms with van der Waals surface area (Å²) in [5, 5.41) is 3.48. The van der Waals surface area contributed by atoms with Gasteiger partial charge in [0.05, 0.1) is 5.69 Å². The predicted molar refractivity (Wildman–Crippen MR) is 87.5 cm³/mol. The van der Waals surface area contributed by atoms with Gasteiger partial charge < -0.3 is 9.88 Å². The number of aryl methyl sites for hydroxylation is 1. The molecule has 1 fully saturated rings. The number of nitrogens with one attached hydrogen (secondary N) is 1. The molecule has 0 bridgehead atoms. The molecule has 1 aromatic rings. The van der Waals surface area contributed by atoms with Crippen LogP contribution in [0.2, 0.25) is 0 Å². The van der Waals surface area contributed by atoms with Gasteiger partial charge in [0.25, 0.3) is 0 Å². The first-order valence-electron chi connectivity index (χ1n) is 9.02. The Bertz CT molecular complexity index is 475. The summed E-state index contributed by atoms with van der Waals surface area (Å²) in [6, 6.07) is 0.703. The van der Waals surface area contributed by atoms with E-state index in [4.69, 9.17) is 4.98 Å². The molecule has 118 valence electrons. The highest BCUT2D eigenvalue weighted by Gasteiger charge is 2.33. The Hall–Kier alpha value is -0.830. The lowest BCUT2D eigenvalue weighted by atomic mass is 9.77. The number of hydrogen-bond acceptors (Lipinski definition) is 2. The molecule has 2 unspecified atom stereocenters. The highest BCUT2D eigenvalue weighted by atomic mass is 15.1. The summed E-state index contributed by atoms with van der Waals surface area (Å²) >= 11 is 0. The summed E-state index contributed by atoms with van der Waals surface area (Å²) in [5.74, 6) is 2.98. The second-order valence-electron chi connectivity index (χ2n) is 7.23. The van der Waals surface area contributed by atoms with E-state index in [1.165, 1.54) is 43.6 Å². The molecule has 3 rings (SSSR count). The molecule has 0 amide bonds. The van der Waals surface area contributed by atoms with Crippen LogP contribution < -0.4 is 5.32 Å². The molecular weight excluding hydrogens is 258 g/mol. The normalized spacial score (nSPS) is 26.1. The van der Waals surface area contributed by atoms with E-state index in [2.05, 4.69) is 30.7 Å². The van der Waals surface area contributed by atoms with Crippen molar-refractivity contribution in [2.45, 2.75) is 78.3 Å². The molecule has 2 heterocycles. The van der Waals surface area contributed by atoms with Gasteiger partial charge in [0.2, 0.25) is 0 Å².